The fourth-order valence-corrected chi connectivity index (χ4v) is 4.73. The summed E-state index contributed by atoms with van der Waals surface area (Å²) in [6, 6.07) is 0. The van der Waals surface area contributed by atoms with Crippen molar-refractivity contribution in [1.82, 2.24) is 15.3 Å². The Bertz CT molecular complexity index is 626. The highest BCUT2D eigenvalue weighted by Gasteiger charge is 2.43. The number of amides is 1. The van der Waals surface area contributed by atoms with E-state index in [1.54, 1.807) is 6.33 Å². The van der Waals surface area contributed by atoms with Crippen molar-refractivity contribution in [3.05, 3.63) is 18.2 Å². The highest BCUT2D eigenvalue weighted by Crippen LogP contribution is 2.27. The van der Waals surface area contributed by atoms with Crippen LogP contribution in [0.5, 0.6) is 0 Å². The number of hydrogen-bond donors (Lipinski definition) is 3. The summed E-state index contributed by atoms with van der Waals surface area (Å²) in [6.07, 6.45) is 25.3. The van der Waals surface area contributed by atoms with Crippen molar-refractivity contribution in [2.45, 2.75) is 128 Å². The van der Waals surface area contributed by atoms with Crippen LogP contribution in [0.2, 0.25) is 0 Å². The fourth-order valence-electron chi connectivity index (χ4n) is 4.73. The fraction of sp³-hybridized carbons (Fsp3) is 0.808. The lowest BCUT2D eigenvalue weighted by molar-refractivity contribution is -0.128. The molecule has 6 heteroatoms. The molecule has 0 aromatic carbocycles. The number of aromatic amines is 1. The van der Waals surface area contributed by atoms with Crippen LogP contribution in [0.25, 0.3) is 0 Å². The first kappa shape index (κ1) is 26.6. The Morgan fingerprint density at radius 1 is 0.812 bits per heavy atom. The van der Waals surface area contributed by atoms with Gasteiger partial charge in [0.05, 0.1) is 17.6 Å². The molecule has 0 saturated carbocycles. The molecule has 2 heterocycles. The van der Waals surface area contributed by atoms with Gasteiger partial charge in [-0.3, -0.25) is 9.59 Å². The van der Waals surface area contributed by atoms with Crippen LogP contribution in [-0.2, 0) is 16.0 Å². The van der Waals surface area contributed by atoms with Crippen LogP contribution in [0.3, 0.4) is 0 Å². The molecule has 0 radical (unpaired) electrons. The summed E-state index contributed by atoms with van der Waals surface area (Å²) in [7, 11) is 0. The normalized spacial score (nSPS) is 17.9. The summed E-state index contributed by atoms with van der Waals surface area (Å²) in [4.78, 5) is 30.7. The van der Waals surface area contributed by atoms with Crippen LogP contribution in [0.1, 0.15) is 121 Å². The third kappa shape index (κ3) is 10.8. The Morgan fingerprint density at radius 2 is 1.28 bits per heavy atom. The Kier molecular flexibility index (Phi) is 13.3. The van der Waals surface area contributed by atoms with Gasteiger partial charge in [0.1, 0.15) is 0 Å². The minimum Gasteiger partial charge on any atom is -0.370 e. The lowest BCUT2D eigenvalue weighted by Gasteiger charge is -2.41. The highest BCUT2D eigenvalue weighted by molar-refractivity contribution is 5.89. The maximum absolute atomic E-state index is 12.7. The molecule has 1 aromatic heterocycles. The molecule has 1 atom stereocenters. The quantitative estimate of drug-likeness (QED) is 0.221. The van der Waals surface area contributed by atoms with Gasteiger partial charge < -0.3 is 16.0 Å². The minimum absolute atomic E-state index is 0.170. The molecule has 6 nitrogen and oxygen atoms in total. The summed E-state index contributed by atoms with van der Waals surface area (Å²) < 4.78 is 0. The first-order chi connectivity index (χ1) is 15.6. The minimum atomic E-state index is -0.347. The molecule has 182 valence electrons. The van der Waals surface area contributed by atoms with Gasteiger partial charge >= 0.3 is 0 Å². The highest BCUT2D eigenvalue weighted by atomic mass is 16.1. The lowest BCUT2D eigenvalue weighted by Crippen LogP contribution is -2.63. The van der Waals surface area contributed by atoms with Gasteiger partial charge in [-0.2, -0.15) is 0 Å². The summed E-state index contributed by atoms with van der Waals surface area (Å²) >= 11 is 0. The van der Waals surface area contributed by atoms with Crippen molar-refractivity contribution in [3.63, 3.8) is 0 Å². The predicted molar refractivity (Wildman–Crippen MR) is 130 cm³/mol. The second-order valence-electron chi connectivity index (χ2n) is 9.69. The molecule has 32 heavy (non-hydrogen) atoms. The molecule has 0 bridgehead atoms. The molecule has 0 spiro atoms. The van der Waals surface area contributed by atoms with Gasteiger partial charge in [-0.1, -0.05) is 83.5 Å². The van der Waals surface area contributed by atoms with E-state index in [0.717, 1.165) is 37.9 Å². The molecule has 1 amide bonds. The van der Waals surface area contributed by atoms with Crippen molar-refractivity contribution >= 4 is 11.7 Å². The molecule has 1 aliphatic heterocycles. The van der Waals surface area contributed by atoms with Gasteiger partial charge in [-0.05, 0) is 25.8 Å². The number of nitrogens with two attached hydrogens (primary N) is 1. The molecule has 4 N–H and O–H groups in total. The Hall–Kier alpha value is -1.69. The van der Waals surface area contributed by atoms with Gasteiger partial charge in [-0.15, -0.1) is 0 Å². The van der Waals surface area contributed by atoms with Crippen molar-refractivity contribution < 1.29 is 9.59 Å². The van der Waals surface area contributed by atoms with Gasteiger partial charge in [0.15, 0.2) is 5.78 Å². The molecule has 1 aliphatic rings. The number of nitrogens with zero attached hydrogens (tertiary/aromatic N) is 1. The van der Waals surface area contributed by atoms with Gasteiger partial charge in [0.2, 0.25) is 5.91 Å². The summed E-state index contributed by atoms with van der Waals surface area (Å²) in [5, 5.41) is 3.39. The van der Waals surface area contributed by atoms with E-state index in [-0.39, 0.29) is 11.4 Å². The van der Waals surface area contributed by atoms with E-state index in [2.05, 4.69) is 15.3 Å². The van der Waals surface area contributed by atoms with E-state index < -0.39 is 0 Å². The first-order valence-corrected chi connectivity index (χ1v) is 13.2. The third-order valence-electron chi connectivity index (χ3n) is 6.91. The number of unbranched alkanes of at least 4 members (excludes halogenated alkanes) is 14. The Labute approximate surface area is 194 Å². The third-order valence-corrected chi connectivity index (χ3v) is 6.91. The maximum Gasteiger partial charge on any atom is 0.217 e. The average molecular weight is 447 g/mol. The molecule has 1 fully saturated rings. The number of H-pyrrole nitrogens is 1. The van der Waals surface area contributed by atoms with E-state index in [0.29, 0.717) is 25.0 Å². The summed E-state index contributed by atoms with van der Waals surface area (Å²) in [6.45, 7) is 0.939. The Morgan fingerprint density at radius 3 is 1.66 bits per heavy atom. The van der Waals surface area contributed by atoms with Gasteiger partial charge in [-0.25, -0.2) is 4.98 Å². The SMILES string of the molecule is NC(=O)CCCCCCCCCCCCCCCCCC(=O)[C@@]1(Cc2c[nH]cn2)CCN1. The number of hydrogen-bond acceptors (Lipinski definition) is 4. The zero-order valence-electron chi connectivity index (χ0n) is 20.1. The van der Waals surface area contributed by atoms with E-state index in [4.69, 9.17) is 5.73 Å². The number of primary amides is 1. The summed E-state index contributed by atoms with van der Waals surface area (Å²) in [5.41, 5.74) is 5.78. The predicted octanol–water partition coefficient (Wildman–Crippen LogP) is 5.37. The Balaban J connectivity index is 1.33. The monoisotopic (exact) mass is 446 g/mol. The molecule has 0 aliphatic carbocycles. The number of aromatic nitrogens is 2. The zero-order valence-corrected chi connectivity index (χ0v) is 20.1. The van der Waals surface area contributed by atoms with Crippen LogP contribution in [-0.4, -0.2) is 33.7 Å². The smallest absolute Gasteiger partial charge is 0.217 e. The second kappa shape index (κ2) is 16.0. The number of nitrogens with one attached hydrogen (secondary N) is 2. The van der Waals surface area contributed by atoms with Crippen LogP contribution >= 0.6 is 0 Å². The largest absolute Gasteiger partial charge is 0.370 e. The molecular formula is C26H46N4O2. The van der Waals surface area contributed by atoms with Crippen molar-refractivity contribution in [2.24, 2.45) is 5.73 Å². The van der Waals surface area contributed by atoms with Crippen molar-refractivity contribution in [3.8, 4) is 0 Å². The first-order valence-electron chi connectivity index (χ1n) is 13.2. The zero-order chi connectivity index (χ0) is 22.9. The number of imidazole rings is 1. The number of Topliss-reactive ketones (excluding diaryl/α,β-unsaturated/α-hetero) is 1. The average Bonchev–Trinajstić information content (AvgIpc) is 3.25. The number of carbonyl (C=O) groups is 2. The molecule has 2 rings (SSSR count). The molecule has 0 unspecified atom stereocenters. The molecule has 1 saturated heterocycles. The number of carbonyl (C=O) groups excluding carboxylic acids is 2. The van der Waals surface area contributed by atoms with Crippen LogP contribution in [0.15, 0.2) is 12.5 Å². The standard InChI is InChI=1S/C26H46N4O2/c27-25(32)17-15-13-11-9-7-5-3-1-2-4-6-8-10-12-14-16-24(31)26(18-19-30-26)20-23-21-28-22-29-23/h21-22,30H,1-20H2,(H2,27,32)(H,28,29)/t26-/m0/s1. The van der Waals surface area contributed by atoms with E-state index in [1.807, 2.05) is 6.20 Å². The van der Waals surface area contributed by atoms with Crippen LogP contribution < -0.4 is 11.1 Å². The molecule has 1 aromatic rings. The lowest BCUT2D eigenvalue weighted by atomic mass is 9.78. The van der Waals surface area contributed by atoms with Gasteiger partial charge in [0, 0.05) is 25.5 Å². The second-order valence-corrected chi connectivity index (χ2v) is 9.69. The van der Waals surface area contributed by atoms with Crippen LogP contribution in [0, 0.1) is 0 Å². The van der Waals surface area contributed by atoms with E-state index >= 15 is 0 Å². The van der Waals surface area contributed by atoms with Gasteiger partial charge in [0.25, 0.3) is 0 Å². The maximum atomic E-state index is 12.7. The number of ketones is 1. The summed E-state index contributed by atoms with van der Waals surface area (Å²) in [5.74, 6) is 0.203. The van der Waals surface area contributed by atoms with Crippen molar-refractivity contribution in [1.29, 1.82) is 0 Å². The van der Waals surface area contributed by atoms with E-state index in [1.165, 1.54) is 77.0 Å². The van der Waals surface area contributed by atoms with E-state index in [9.17, 15) is 9.59 Å². The van der Waals surface area contributed by atoms with Crippen LogP contribution in [0.4, 0.5) is 0 Å². The molecular weight excluding hydrogens is 400 g/mol. The topological polar surface area (TPSA) is 101 Å². The number of rotatable bonds is 21. The van der Waals surface area contributed by atoms with Crippen molar-refractivity contribution in [2.75, 3.05) is 6.54 Å².